The van der Waals surface area contributed by atoms with E-state index in [2.05, 4.69) is 19.3 Å². The Kier molecular flexibility index (Phi) is 8.06. The van der Waals surface area contributed by atoms with Gasteiger partial charge >= 0.3 is 0 Å². The molecule has 1 amide bonds. The van der Waals surface area contributed by atoms with Crippen molar-refractivity contribution in [2.45, 2.75) is 49.1 Å². The van der Waals surface area contributed by atoms with Crippen LogP contribution in [0.3, 0.4) is 0 Å². The summed E-state index contributed by atoms with van der Waals surface area (Å²) in [5.74, 6) is -3.20. The van der Waals surface area contributed by atoms with E-state index in [1.54, 1.807) is 0 Å². The second-order valence-electron chi connectivity index (χ2n) is 10.3. The summed E-state index contributed by atoms with van der Waals surface area (Å²) in [6.45, 7) is 0.588. The normalized spacial score (nSPS) is 25.7. The molecule has 3 saturated heterocycles. The number of imidazole rings is 1. The van der Waals surface area contributed by atoms with Crippen molar-refractivity contribution < 1.29 is 46.6 Å². The van der Waals surface area contributed by atoms with E-state index in [1.807, 2.05) is 0 Å². The van der Waals surface area contributed by atoms with Crippen LogP contribution in [0.2, 0.25) is 5.02 Å². The molecule has 3 aliphatic heterocycles. The standard InChI is InChI=1S/C26H27ClF2N4O8S/c1-42(36,13-2-4-37-5-3-13)33-24(35)12-6-16(28)14(17(29)7-12)9-40-25-15(27)8-18-23(31-25)32-26(30-18)41-20-11-39-21-19(34)10-38-22(20)21/h6-8,13,19-22,34H,2-5,9-11H2,1H3,(H,30,31,32)/t19-,20-,21-,22-,42?/m1/s1. The van der Waals surface area contributed by atoms with Crippen LogP contribution in [0.15, 0.2) is 22.6 Å². The molecule has 3 aliphatic rings. The molecule has 1 aromatic carbocycles. The molecule has 42 heavy (non-hydrogen) atoms. The Bertz CT molecular complexity index is 1620. The molecule has 226 valence electrons. The number of pyridine rings is 1. The van der Waals surface area contributed by atoms with E-state index in [0.717, 1.165) is 12.1 Å². The quantitative estimate of drug-likeness (QED) is 0.399. The summed E-state index contributed by atoms with van der Waals surface area (Å²) in [6, 6.07) is 3.24. The third kappa shape index (κ3) is 5.81. The summed E-state index contributed by atoms with van der Waals surface area (Å²) in [7, 11) is -2.93. The third-order valence-corrected chi connectivity index (χ3v) is 9.92. The lowest BCUT2D eigenvalue weighted by Crippen LogP contribution is -2.34. The summed E-state index contributed by atoms with van der Waals surface area (Å²) in [4.78, 5) is 24.0. The Labute approximate surface area is 243 Å². The molecule has 0 spiro atoms. The summed E-state index contributed by atoms with van der Waals surface area (Å²) < 4.78 is 74.3. The number of halogens is 3. The van der Waals surface area contributed by atoms with Gasteiger partial charge in [-0.3, -0.25) is 4.79 Å². The number of nitrogens with zero attached hydrogens (tertiary/aromatic N) is 3. The van der Waals surface area contributed by atoms with Crippen LogP contribution in [-0.4, -0.2) is 92.5 Å². The first-order valence-corrected chi connectivity index (χ1v) is 15.5. The number of aromatic nitrogens is 3. The highest BCUT2D eigenvalue weighted by Gasteiger charge is 2.48. The molecule has 12 nitrogen and oxygen atoms in total. The number of H-pyrrole nitrogens is 1. The zero-order valence-electron chi connectivity index (χ0n) is 22.3. The largest absolute Gasteiger partial charge is 0.471 e. The Morgan fingerprint density at radius 1 is 1.17 bits per heavy atom. The van der Waals surface area contributed by atoms with Crippen molar-refractivity contribution in [1.82, 2.24) is 15.0 Å². The zero-order chi connectivity index (χ0) is 29.6. The second-order valence-corrected chi connectivity index (χ2v) is 13.3. The fourth-order valence-corrected chi connectivity index (χ4v) is 6.99. The number of ether oxygens (including phenoxy) is 5. The van der Waals surface area contributed by atoms with Gasteiger partial charge in [-0.1, -0.05) is 11.6 Å². The van der Waals surface area contributed by atoms with Crippen LogP contribution in [-0.2, 0) is 30.5 Å². The molecule has 1 unspecified atom stereocenters. The van der Waals surface area contributed by atoms with Crippen LogP contribution in [0.25, 0.3) is 11.2 Å². The van der Waals surface area contributed by atoms with Crippen molar-refractivity contribution in [3.8, 4) is 11.9 Å². The van der Waals surface area contributed by atoms with Gasteiger partial charge in [0.2, 0.25) is 5.88 Å². The Balaban J connectivity index is 1.14. The Morgan fingerprint density at radius 2 is 1.88 bits per heavy atom. The third-order valence-electron chi connectivity index (χ3n) is 7.41. The summed E-state index contributed by atoms with van der Waals surface area (Å²) >= 11 is 6.29. The minimum absolute atomic E-state index is 0.0430. The molecule has 2 aromatic heterocycles. The second kappa shape index (κ2) is 11.6. The van der Waals surface area contributed by atoms with E-state index in [-0.39, 0.29) is 46.6 Å². The van der Waals surface area contributed by atoms with Crippen LogP contribution in [0.5, 0.6) is 11.9 Å². The van der Waals surface area contributed by atoms with Crippen LogP contribution >= 0.6 is 11.6 Å². The molecule has 0 saturated carbocycles. The number of aliphatic hydroxyl groups excluding tert-OH is 1. The number of hydrogen-bond donors (Lipinski definition) is 2. The fraction of sp³-hybridized carbons (Fsp3) is 0.500. The lowest BCUT2D eigenvalue weighted by atomic mass is 10.1. The zero-order valence-corrected chi connectivity index (χ0v) is 23.8. The van der Waals surface area contributed by atoms with Gasteiger partial charge in [0.25, 0.3) is 11.9 Å². The van der Waals surface area contributed by atoms with E-state index in [1.165, 1.54) is 12.3 Å². The average molecular weight is 629 g/mol. The van der Waals surface area contributed by atoms with Gasteiger partial charge in [0.15, 0.2) is 11.8 Å². The molecule has 6 rings (SSSR count). The number of aliphatic hydroxyl groups is 1. The highest BCUT2D eigenvalue weighted by Crippen LogP contribution is 2.32. The number of benzene rings is 1. The van der Waals surface area contributed by atoms with Crippen LogP contribution in [0.1, 0.15) is 28.8 Å². The minimum atomic E-state index is -2.93. The fourth-order valence-electron chi connectivity index (χ4n) is 5.13. The van der Waals surface area contributed by atoms with E-state index >= 15 is 0 Å². The molecule has 16 heteroatoms. The number of carbonyl (C=O) groups is 1. The molecule has 0 aliphatic carbocycles. The van der Waals surface area contributed by atoms with Gasteiger partial charge in [-0.05, 0) is 31.0 Å². The molecule has 0 bridgehead atoms. The van der Waals surface area contributed by atoms with E-state index in [4.69, 9.17) is 35.3 Å². The number of amides is 1. The molecular weight excluding hydrogens is 602 g/mol. The van der Waals surface area contributed by atoms with E-state index < -0.39 is 63.9 Å². The van der Waals surface area contributed by atoms with Crippen LogP contribution < -0.4 is 9.47 Å². The predicted molar refractivity (Wildman–Crippen MR) is 144 cm³/mol. The summed E-state index contributed by atoms with van der Waals surface area (Å²) in [5.41, 5.74) is -0.244. The highest BCUT2D eigenvalue weighted by atomic mass is 35.5. The SMILES string of the molecule is CS(=O)(=NC(=O)c1cc(F)c(COc2nc3nc(O[C@@H]4CO[C@H]5[C@@H]4OC[C@H]5O)[nH]c3cc2Cl)c(F)c1)C1CCOCC1. The lowest BCUT2D eigenvalue weighted by Gasteiger charge is -2.22. The molecular formula is C26H27ClF2N4O8S. The Morgan fingerprint density at radius 3 is 2.62 bits per heavy atom. The number of hydrogen-bond acceptors (Lipinski definition) is 10. The first-order chi connectivity index (χ1) is 20.1. The van der Waals surface area contributed by atoms with Gasteiger partial charge < -0.3 is 33.8 Å². The number of rotatable bonds is 7. The summed E-state index contributed by atoms with van der Waals surface area (Å²) in [6.07, 6.45) is 0.190. The number of fused-ring (bicyclic) bond motifs is 2. The first-order valence-electron chi connectivity index (χ1n) is 13.2. The van der Waals surface area contributed by atoms with Crippen LogP contribution in [0, 0.1) is 11.6 Å². The smallest absolute Gasteiger partial charge is 0.296 e. The van der Waals surface area contributed by atoms with Gasteiger partial charge in [0.1, 0.15) is 41.6 Å². The van der Waals surface area contributed by atoms with Gasteiger partial charge in [0, 0.05) is 30.3 Å². The van der Waals surface area contributed by atoms with Crippen molar-refractivity contribution in [2.24, 2.45) is 4.36 Å². The lowest BCUT2D eigenvalue weighted by molar-refractivity contribution is 0.00706. The molecule has 5 atom stereocenters. The van der Waals surface area contributed by atoms with Crippen molar-refractivity contribution in [3.05, 3.63) is 46.0 Å². The predicted octanol–water partition coefficient (Wildman–Crippen LogP) is 2.79. The van der Waals surface area contributed by atoms with E-state index in [0.29, 0.717) is 31.6 Å². The first kappa shape index (κ1) is 29.1. The van der Waals surface area contributed by atoms with Crippen molar-refractivity contribution in [1.29, 1.82) is 0 Å². The average Bonchev–Trinajstić information content (AvgIpc) is 3.64. The number of carbonyl (C=O) groups excluding carboxylic acids is 1. The number of aromatic amines is 1. The van der Waals surface area contributed by atoms with Gasteiger partial charge in [0.05, 0.1) is 34.0 Å². The molecule has 3 fully saturated rings. The van der Waals surface area contributed by atoms with Crippen molar-refractivity contribution >= 4 is 38.4 Å². The topological polar surface area (TPSA) is 154 Å². The van der Waals surface area contributed by atoms with Gasteiger partial charge in [-0.2, -0.15) is 14.3 Å². The van der Waals surface area contributed by atoms with Gasteiger partial charge in [-0.25, -0.2) is 13.0 Å². The maximum absolute atomic E-state index is 14.9. The van der Waals surface area contributed by atoms with Gasteiger partial charge in [-0.15, -0.1) is 0 Å². The molecule has 3 aromatic rings. The van der Waals surface area contributed by atoms with Crippen molar-refractivity contribution in [3.63, 3.8) is 0 Å². The van der Waals surface area contributed by atoms with Crippen LogP contribution in [0.4, 0.5) is 8.78 Å². The molecule has 0 radical (unpaired) electrons. The summed E-state index contributed by atoms with van der Waals surface area (Å²) in [5, 5.41) is 9.60. The monoisotopic (exact) mass is 628 g/mol. The van der Waals surface area contributed by atoms with E-state index in [9.17, 15) is 22.9 Å². The maximum atomic E-state index is 14.9. The Hall–Kier alpha value is -2.95. The molecule has 5 heterocycles. The molecule has 2 N–H and O–H groups in total. The number of nitrogens with one attached hydrogen (secondary N) is 1. The minimum Gasteiger partial charge on any atom is -0.471 e. The van der Waals surface area contributed by atoms with Crippen molar-refractivity contribution in [2.75, 3.05) is 32.7 Å². The maximum Gasteiger partial charge on any atom is 0.296 e. The highest BCUT2D eigenvalue weighted by molar-refractivity contribution is 7.93.